The van der Waals surface area contributed by atoms with E-state index in [0.717, 1.165) is 37.5 Å². The molecule has 1 N–H and O–H groups in total. The number of benzene rings is 1. The maximum Gasteiger partial charge on any atom is 0.276 e. The Morgan fingerprint density at radius 1 is 1.07 bits per heavy atom. The molecule has 8 nitrogen and oxygen atoms in total. The molecule has 2 saturated heterocycles. The van der Waals surface area contributed by atoms with Crippen LogP contribution in [0.2, 0.25) is 0 Å². The summed E-state index contributed by atoms with van der Waals surface area (Å²) in [6, 6.07) is 10.6. The first-order valence-electron chi connectivity index (χ1n) is 8.99. The van der Waals surface area contributed by atoms with E-state index < -0.39 is 5.79 Å². The molecule has 2 fully saturated rings. The van der Waals surface area contributed by atoms with Crippen molar-refractivity contribution in [2.45, 2.75) is 18.6 Å². The van der Waals surface area contributed by atoms with E-state index >= 15 is 0 Å². The molecule has 27 heavy (non-hydrogen) atoms. The van der Waals surface area contributed by atoms with Crippen molar-refractivity contribution in [2.75, 3.05) is 43.6 Å². The molecule has 1 amide bonds. The van der Waals surface area contributed by atoms with Gasteiger partial charge in [-0.1, -0.05) is 0 Å². The third-order valence-electron chi connectivity index (χ3n) is 4.89. The summed E-state index contributed by atoms with van der Waals surface area (Å²) in [6.45, 7) is 2.90. The first-order chi connectivity index (χ1) is 13.2. The lowest BCUT2D eigenvalue weighted by Gasteiger charge is -2.37. The first-order valence-corrected chi connectivity index (χ1v) is 8.99. The molecule has 1 spiro atoms. The number of methoxy groups -OCH3 is 1. The lowest BCUT2D eigenvalue weighted by atomic mass is 10.0. The van der Waals surface area contributed by atoms with Gasteiger partial charge in [0.15, 0.2) is 17.3 Å². The smallest absolute Gasteiger partial charge is 0.276 e. The van der Waals surface area contributed by atoms with Gasteiger partial charge in [0, 0.05) is 31.6 Å². The first kappa shape index (κ1) is 17.7. The van der Waals surface area contributed by atoms with E-state index in [1.165, 1.54) is 0 Å². The van der Waals surface area contributed by atoms with Crippen LogP contribution < -0.4 is 15.0 Å². The summed E-state index contributed by atoms with van der Waals surface area (Å²) in [5.41, 5.74) is 0.940. The minimum atomic E-state index is -0.415. The second kappa shape index (κ2) is 7.50. The number of nitrogens with one attached hydrogen (secondary N) is 1. The highest BCUT2D eigenvalue weighted by molar-refractivity contribution is 6.02. The van der Waals surface area contributed by atoms with Crippen LogP contribution in [-0.4, -0.2) is 55.3 Å². The SMILES string of the molecule is COc1ccc(NC(=O)c2ccc(N3CCC4(CC3)OCCO4)nn2)cc1. The van der Waals surface area contributed by atoms with Crippen LogP contribution in [0.5, 0.6) is 5.75 Å². The minimum Gasteiger partial charge on any atom is -0.497 e. The summed E-state index contributed by atoms with van der Waals surface area (Å²) in [7, 11) is 1.60. The van der Waals surface area contributed by atoms with Crippen LogP contribution in [0.15, 0.2) is 36.4 Å². The quantitative estimate of drug-likeness (QED) is 0.882. The van der Waals surface area contributed by atoms with Crippen molar-refractivity contribution in [1.29, 1.82) is 0 Å². The average Bonchev–Trinajstić information content (AvgIpc) is 3.17. The highest BCUT2D eigenvalue weighted by Crippen LogP contribution is 2.32. The summed E-state index contributed by atoms with van der Waals surface area (Å²) in [4.78, 5) is 14.5. The third kappa shape index (κ3) is 3.86. The van der Waals surface area contributed by atoms with Gasteiger partial charge in [0.2, 0.25) is 0 Å². The summed E-state index contributed by atoms with van der Waals surface area (Å²) < 4.78 is 16.6. The van der Waals surface area contributed by atoms with E-state index in [9.17, 15) is 4.79 Å². The molecule has 2 aliphatic heterocycles. The molecule has 0 atom stereocenters. The van der Waals surface area contributed by atoms with Crippen molar-refractivity contribution in [3.63, 3.8) is 0 Å². The number of amides is 1. The standard InChI is InChI=1S/C19H22N4O4/c1-25-15-4-2-14(3-5-15)20-18(24)16-6-7-17(22-21-16)23-10-8-19(9-11-23)26-12-13-27-19/h2-7H,8-13H2,1H3,(H,20,24). The fourth-order valence-electron chi connectivity index (χ4n) is 3.35. The van der Waals surface area contributed by atoms with E-state index in [-0.39, 0.29) is 11.6 Å². The van der Waals surface area contributed by atoms with Gasteiger partial charge in [-0.3, -0.25) is 4.79 Å². The van der Waals surface area contributed by atoms with Crippen LogP contribution in [-0.2, 0) is 9.47 Å². The van der Waals surface area contributed by atoms with Gasteiger partial charge >= 0.3 is 0 Å². The number of carbonyl (C=O) groups is 1. The Hall–Kier alpha value is -2.71. The Labute approximate surface area is 157 Å². The normalized spacial score (nSPS) is 18.5. The van der Waals surface area contributed by atoms with Crippen molar-refractivity contribution in [3.8, 4) is 5.75 Å². The molecule has 8 heteroatoms. The monoisotopic (exact) mass is 370 g/mol. The summed E-state index contributed by atoms with van der Waals surface area (Å²) in [5, 5.41) is 11.1. The van der Waals surface area contributed by atoms with E-state index in [1.54, 1.807) is 37.4 Å². The maximum atomic E-state index is 12.3. The van der Waals surface area contributed by atoms with Gasteiger partial charge in [0.1, 0.15) is 5.75 Å². The number of anilines is 2. The molecule has 1 aromatic heterocycles. The van der Waals surface area contributed by atoms with Crippen LogP contribution in [0.1, 0.15) is 23.3 Å². The second-order valence-corrected chi connectivity index (χ2v) is 6.55. The highest BCUT2D eigenvalue weighted by atomic mass is 16.7. The van der Waals surface area contributed by atoms with Crippen molar-refractivity contribution in [3.05, 3.63) is 42.1 Å². The number of rotatable bonds is 4. The maximum absolute atomic E-state index is 12.3. The molecular weight excluding hydrogens is 348 g/mol. The summed E-state index contributed by atoms with van der Waals surface area (Å²) in [6.07, 6.45) is 1.60. The van der Waals surface area contributed by atoms with Crippen molar-refractivity contribution in [2.24, 2.45) is 0 Å². The van der Waals surface area contributed by atoms with Crippen molar-refractivity contribution in [1.82, 2.24) is 10.2 Å². The molecule has 0 aliphatic carbocycles. The van der Waals surface area contributed by atoms with Gasteiger partial charge in [-0.2, -0.15) is 0 Å². The predicted octanol–water partition coefficient (Wildman–Crippen LogP) is 2.08. The van der Waals surface area contributed by atoms with E-state index in [1.807, 2.05) is 6.07 Å². The largest absolute Gasteiger partial charge is 0.497 e. The molecule has 0 unspecified atom stereocenters. The third-order valence-corrected chi connectivity index (χ3v) is 4.89. The number of piperidine rings is 1. The molecule has 3 heterocycles. The van der Waals surface area contributed by atoms with Gasteiger partial charge in [-0.05, 0) is 36.4 Å². The van der Waals surface area contributed by atoms with Crippen LogP contribution in [0.3, 0.4) is 0 Å². The van der Waals surface area contributed by atoms with Gasteiger partial charge in [-0.25, -0.2) is 0 Å². The zero-order chi connectivity index (χ0) is 18.7. The second-order valence-electron chi connectivity index (χ2n) is 6.55. The molecule has 2 aliphatic rings. The number of hydrogen-bond acceptors (Lipinski definition) is 7. The number of carbonyl (C=O) groups excluding carboxylic acids is 1. The molecular formula is C19H22N4O4. The zero-order valence-corrected chi connectivity index (χ0v) is 15.2. The minimum absolute atomic E-state index is 0.269. The molecule has 2 aromatic rings. The van der Waals surface area contributed by atoms with Crippen LogP contribution in [0, 0.1) is 0 Å². The number of hydrogen-bond donors (Lipinski definition) is 1. The molecule has 4 rings (SSSR count). The molecule has 0 radical (unpaired) electrons. The fraction of sp³-hybridized carbons (Fsp3) is 0.421. The lowest BCUT2D eigenvalue weighted by Crippen LogP contribution is -2.45. The molecule has 0 bridgehead atoms. The Morgan fingerprint density at radius 2 is 1.78 bits per heavy atom. The number of nitrogens with zero attached hydrogens (tertiary/aromatic N) is 3. The van der Waals surface area contributed by atoms with Crippen LogP contribution in [0.4, 0.5) is 11.5 Å². The van der Waals surface area contributed by atoms with E-state index in [0.29, 0.717) is 18.9 Å². The van der Waals surface area contributed by atoms with Gasteiger partial charge in [0.25, 0.3) is 5.91 Å². The van der Waals surface area contributed by atoms with Gasteiger partial charge in [0.05, 0.1) is 20.3 Å². The fourth-order valence-corrected chi connectivity index (χ4v) is 3.35. The van der Waals surface area contributed by atoms with Crippen LogP contribution >= 0.6 is 0 Å². The Kier molecular flexibility index (Phi) is 4.91. The summed E-state index contributed by atoms with van der Waals surface area (Å²) in [5.74, 6) is 0.768. The Morgan fingerprint density at radius 3 is 2.37 bits per heavy atom. The van der Waals surface area contributed by atoms with E-state index in [4.69, 9.17) is 14.2 Å². The topological polar surface area (TPSA) is 85.8 Å². The number of aromatic nitrogens is 2. The van der Waals surface area contributed by atoms with Crippen LogP contribution in [0.25, 0.3) is 0 Å². The predicted molar refractivity (Wildman–Crippen MR) is 99.1 cm³/mol. The van der Waals surface area contributed by atoms with Gasteiger partial charge in [-0.15, -0.1) is 10.2 Å². The molecule has 142 valence electrons. The van der Waals surface area contributed by atoms with Crippen molar-refractivity contribution < 1.29 is 19.0 Å². The Balaban J connectivity index is 1.36. The van der Waals surface area contributed by atoms with E-state index in [2.05, 4.69) is 20.4 Å². The summed E-state index contributed by atoms with van der Waals surface area (Å²) >= 11 is 0. The Bertz CT molecular complexity index is 778. The average molecular weight is 370 g/mol. The molecule has 0 saturated carbocycles. The van der Waals surface area contributed by atoms with Gasteiger partial charge < -0.3 is 24.4 Å². The van der Waals surface area contributed by atoms with Crippen molar-refractivity contribution >= 4 is 17.4 Å². The lowest BCUT2D eigenvalue weighted by molar-refractivity contribution is -0.169. The highest BCUT2D eigenvalue weighted by Gasteiger charge is 2.40. The zero-order valence-electron chi connectivity index (χ0n) is 15.2. The molecule has 1 aromatic carbocycles. The number of ether oxygens (including phenoxy) is 3.